The maximum Gasteiger partial charge on any atom is 0.305 e. The molecule has 0 unspecified atom stereocenters. The van der Waals surface area contributed by atoms with Crippen molar-refractivity contribution in [2.75, 3.05) is 6.61 Å². The van der Waals surface area contributed by atoms with Gasteiger partial charge in [-0.2, -0.15) is 0 Å². The molecule has 18 heavy (non-hydrogen) atoms. The summed E-state index contributed by atoms with van der Waals surface area (Å²) in [6, 6.07) is 0. The second kappa shape index (κ2) is 8.01. The van der Waals surface area contributed by atoms with E-state index in [1.807, 2.05) is 0 Å². The van der Waals surface area contributed by atoms with Gasteiger partial charge in [-0.25, -0.2) is 0 Å². The van der Waals surface area contributed by atoms with Crippen molar-refractivity contribution in [3.8, 4) is 0 Å². The summed E-state index contributed by atoms with van der Waals surface area (Å²) in [7, 11) is 0. The molecule has 0 N–H and O–H groups in total. The first kappa shape index (κ1) is 14.9. The highest BCUT2D eigenvalue weighted by atomic mass is 16.5. The van der Waals surface area contributed by atoms with Crippen LogP contribution < -0.4 is 0 Å². The van der Waals surface area contributed by atoms with E-state index in [0.29, 0.717) is 32.3 Å². The Labute approximate surface area is 108 Å². The molecule has 4 heteroatoms. The van der Waals surface area contributed by atoms with Gasteiger partial charge < -0.3 is 4.74 Å². The zero-order valence-corrected chi connectivity index (χ0v) is 11.1. The van der Waals surface area contributed by atoms with Gasteiger partial charge in [0.1, 0.15) is 11.6 Å². The molecular weight excluding hydrogens is 232 g/mol. The number of Topliss-reactive ketones (excluding diaryl/α,β-unsaturated/α-hetero) is 2. The fraction of sp³-hybridized carbons (Fsp3) is 0.786. The average molecular weight is 254 g/mol. The number of ketones is 2. The molecule has 0 aromatic carbocycles. The standard InChI is InChI=1S/C14H22O4/c1-2-18-14(17)8-6-4-3-5-7-11-12(15)9-10-13(11)16/h11H,2-10H2,1H3. The van der Waals surface area contributed by atoms with E-state index in [2.05, 4.69) is 0 Å². The smallest absolute Gasteiger partial charge is 0.305 e. The van der Waals surface area contributed by atoms with Crippen molar-refractivity contribution in [3.05, 3.63) is 0 Å². The number of carbonyl (C=O) groups is 3. The van der Waals surface area contributed by atoms with Gasteiger partial charge in [-0.05, 0) is 19.8 Å². The van der Waals surface area contributed by atoms with Crippen LogP contribution in [0.25, 0.3) is 0 Å². The van der Waals surface area contributed by atoms with Crippen molar-refractivity contribution in [2.45, 2.75) is 58.3 Å². The quantitative estimate of drug-likeness (QED) is 0.379. The molecule has 1 aliphatic carbocycles. The number of hydrogen-bond acceptors (Lipinski definition) is 4. The molecule has 1 saturated carbocycles. The van der Waals surface area contributed by atoms with Gasteiger partial charge in [0, 0.05) is 19.3 Å². The molecule has 4 nitrogen and oxygen atoms in total. The minimum absolute atomic E-state index is 0.117. The maximum atomic E-state index is 11.4. The summed E-state index contributed by atoms with van der Waals surface area (Å²) < 4.78 is 4.83. The molecule has 0 aromatic heterocycles. The van der Waals surface area contributed by atoms with Gasteiger partial charge in [0.15, 0.2) is 0 Å². The third-order valence-electron chi connectivity index (χ3n) is 3.32. The number of carbonyl (C=O) groups excluding carboxylic acids is 3. The molecule has 0 spiro atoms. The number of unbranched alkanes of at least 4 members (excludes halogenated alkanes) is 3. The summed E-state index contributed by atoms with van der Waals surface area (Å²) in [4.78, 5) is 33.8. The lowest BCUT2D eigenvalue weighted by atomic mass is 9.97. The Morgan fingerprint density at radius 3 is 2.33 bits per heavy atom. The molecule has 1 aliphatic rings. The van der Waals surface area contributed by atoms with Gasteiger partial charge in [-0.3, -0.25) is 14.4 Å². The van der Waals surface area contributed by atoms with Gasteiger partial charge in [0.2, 0.25) is 0 Å². The second-order valence-corrected chi connectivity index (χ2v) is 4.74. The monoisotopic (exact) mass is 254 g/mol. The van der Waals surface area contributed by atoms with Gasteiger partial charge in [-0.1, -0.05) is 19.3 Å². The Hall–Kier alpha value is -1.19. The lowest BCUT2D eigenvalue weighted by Crippen LogP contribution is -2.13. The summed E-state index contributed by atoms with van der Waals surface area (Å²) in [5, 5.41) is 0. The first-order chi connectivity index (χ1) is 8.65. The highest BCUT2D eigenvalue weighted by Crippen LogP contribution is 2.23. The fourth-order valence-electron chi connectivity index (χ4n) is 2.30. The Kier molecular flexibility index (Phi) is 6.61. The number of rotatable bonds is 8. The summed E-state index contributed by atoms with van der Waals surface area (Å²) in [5.41, 5.74) is 0. The van der Waals surface area contributed by atoms with Gasteiger partial charge in [-0.15, -0.1) is 0 Å². The molecule has 0 aliphatic heterocycles. The van der Waals surface area contributed by atoms with Gasteiger partial charge in [0.25, 0.3) is 0 Å². The van der Waals surface area contributed by atoms with E-state index in [-0.39, 0.29) is 23.5 Å². The SMILES string of the molecule is CCOC(=O)CCCCCCC1C(=O)CCC1=O. The van der Waals surface area contributed by atoms with Crippen molar-refractivity contribution in [1.29, 1.82) is 0 Å². The molecule has 0 heterocycles. The van der Waals surface area contributed by atoms with Crippen LogP contribution in [0.3, 0.4) is 0 Å². The molecule has 102 valence electrons. The molecule has 0 amide bonds. The summed E-state index contributed by atoms with van der Waals surface area (Å²) in [6.45, 7) is 2.23. The Balaban J connectivity index is 2.00. The number of ether oxygens (including phenoxy) is 1. The van der Waals surface area contributed by atoms with Gasteiger partial charge in [0.05, 0.1) is 12.5 Å². The molecule has 0 bridgehead atoms. The Bertz CT molecular complexity index is 293. The highest BCUT2D eigenvalue weighted by molar-refractivity contribution is 6.08. The Morgan fingerprint density at radius 2 is 1.72 bits per heavy atom. The third kappa shape index (κ3) is 4.98. The van der Waals surface area contributed by atoms with Crippen LogP contribution in [0.4, 0.5) is 0 Å². The zero-order chi connectivity index (χ0) is 13.4. The highest BCUT2D eigenvalue weighted by Gasteiger charge is 2.31. The van der Waals surface area contributed by atoms with Crippen LogP contribution in [0.1, 0.15) is 58.3 Å². The first-order valence-electron chi connectivity index (χ1n) is 6.86. The van der Waals surface area contributed by atoms with E-state index in [1.54, 1.807) is 6.92 Å². The molecule has 0 radical (unpaired) electrons. The molecule has 0 aromatic rings. The van der Waals surface area contributed by atoms with Crippen molar-refractivity contribution in [3.63, 3.8) is 0 Å². The molecular formula is C14H22O4. The topological polar surface area (TPSA) is 60.4 Å². The van der Waals surface area contributed by atoms with Crippen molar-refractivity contribution in [2.24, 2.45) is 5.92 Å². The van der Waals surface area contributed by atoms with Crippen molar-refractivity contribution in [1.82, 2.24) is 0 Å². The van der Waals surface area contributed by atoms with E-state index in [0.717, 1.165) is 25.7 Å². The summed E-state index contributed by atoms with van der Waals surface area (Å²) in [5.74, 6) is -0.230. The summed E-state index contributed by atoms with van der Waals surface area (Å²) in [6.07, 6.45) is 5.67. The molecule has 1 rings (SSSR count). The predicted molar refractivity (Wildman–Crippen MR) is 67.1 cm³/mol. The maximum absolute atomic E-state index is 11.4. The van der Waals surface area contributed by atoms with E-state index in [4.69, 9.17) is 4.74 Å². The molecule has 1 fully saturated rings. The van der Waals surface area contributed by atoms with Crippen LogP contribution in [0.15, 0.2) is 0 Å². The molecule has 0 saturated heterocycles. The first-order valence-corrected chi connectivity index (χ1v) is 6.86. The second-order valence-electron chi connectivity index (χ2n) is 4.74. The van der Waals surface area contributed by atoms with Crippen LogP contribution in [0, 0.1) is 5.92 Å². The lowest BCUT2D eigenvalue weighted by Gasteiger charge is -2.06. The van der Waals surface area contributed by atoms with Crippen LogP contribution >= 0.6 is 0 Å². The predicted octanol–water partition coefficient (Wildman–Crippen LogP) is 2.44. The Morgan fingerprint density at radius 1 is 1.11 bits per heavy atom. The van der Waals surface area contributed by atoms with E-state index in [9.17, 15) is 14.4 Å². The number of hydrogen-bond donors (Lipinski definition) is 0. The van der Waals surface area contributed by atoms with Crippen LogP contribution in [0.2, 0.25) is 0 Å². The van der Waals surface area contributed by atoms with E-state index >= 15 is 0 Å². The van der Waals surface area contributed by atoms with Crippen molar-refractivity contribution < 1.29 is 19.1 Å². The van der Waals surface area contributed by atoms with Crippen LogP contribution in [0.5, 0.6) is 0 Å². The minimum atomic E-state index is -0.324. The zero-order valence-electron chi connectivity index (χ0n) is 11.1. The van der Waals surface area contributed by atoms with Crippen molar-refractivity contribution >= 4 is 17.5 Å². The fourth-order valence-corrected chi connectivity index (χ4v) is 2.30. The normalized spacial score (nSPS) is 16.3. The van der Waals surface area contributed by atoms with Gasteiger partial charge >= 0.3 is 5.97 Å². The number of esters is 1. The van der Waals surface area contributed by atoms with Crippen LogP contribution in [-0.4, -0.2) is 24.1 Å². The molecule has 0 atom stereocenters. The lowest BCUT2D eigenvalue weighted by molar-refractivity contribution is -0.143. The third-order valence-corrected chi connectivity index (χ3v) is 3.32. The largest absolute Gasteiger partial charge is 0.466 e. The van der Waals surface area contributed by atoms with Crippen LogP contribution in [-0.2, 0) is 19.1 Å². The van der Waals surface area contributed by atoms with E-state index < -0.39 is 0 Å². The van der Waals surface area contributed by atoms with E-state index in [1.165, 1.54) is 0 Å². The summed E-state index contributed by atoms with van der Waals surface area (Å²) >= 11 is 0. The average Bonchev–Trinajstić information content (AvgIpc) is 2.65. The minimum Gasteiger partial charge on any atom is -0.466 e.